The third-order valence-corrected chi connectivity index (χ3v) is 6.78. The van der Waals surface area contributed by atoms with Crippen molar-refractivity contribution < 1.29 is 26.8 Å². The highest BCUT2D eigenvalue weighted by Gasteiger charge is 2.53. The summed E-state index contributed by atoms with van der Waals surface area (Å²) in [5.74, 6) is 0.197. The van der Waals surface area contributed by atoms with Crippen LogP contribution in [0.5, 0.6) is 0 Å². The minimum absolute atomic E-state index is 0. The molecule has 0 radical (unpaired) electrons. The summed E-state index contributed by atoms with van der Waals surface area (Å²) in [5.41, 5.74) is 5.59. The molecule has 3 heterocycles. The van der Waals surface area contributed by atoms with Gasteiger partial charge in [-0.25, -0.2) is 0 Å². The standard InChI is InChI=1S/C23H29N2O2.2ClH/c24-13-16-25-14-11-18(12-15-25)21(17-25)22(26)23(27,19-7-3-1-4-8-19)20-9-5-2-6-10-20;;/h1-10,18,21,27H,11-17,24H2;2*1H/q+1;;/p-1. The number of hydrogen-bond donors (Lipinski definition) is 2. The van der Waals surface area contributed by atoms with Crippen LogP contribution in [0.1, 0.15) is 24.0 Å². The second-order valence-corrected chi connectivity index (χ2v) is 8.23. The zero-order chi connectivity index (χ0) is 18.9. The average molecular weight is 437 g/mol. The molecule has 3 aliphatic heterocycles. The first-order chi connectivity index (χ1) is 13.1. The normalized spacial score (nSPS) is 25.6. The summed E-state index contributed by atoms with van der Waals surface area (Å²) < 4.78 is 0.934. The molecule has 29 heavy (non-hydrogen) atoms. The number of nitrogens with zero attached hydrogens (tertiary/aromatic N) is 1. The molecule has 0 spiro atoms. The van der Waals surface area contributed by atoms with Crippen LogP contribution in [0.4, 0.5) is 0 Å². The van der Waals surface area contributed by atoms with Gasteiger partial charge in [-0.2, -0.15) is 0 Å². The van der Waals surface area contributed by atoms with Gasteiger partial charge < -0.3 is 27.7 Å². The number of halogens is 2. The molecule has 2 aromatic carbocycles. The van der Waals surface area contributed by atoms with Crippen molar-refractivity contribution in [2.75, 3.05) is 32.7 Å². The van der Waals surface area contributed by atoms with E-state index in [0.717, 1.165) is 43.5 Å². The topological polar surface area (TPSA) is 63.3 Å². The van der Waals surface area contributed by atoms with Crippen LogP contribution >= 0.6 is 12.4 Å². The van der Waals surface area contributed by atoms with Gasteiger partial charge >= 0.3 is 0 Å². The Bertz CT molecular complexity index is 748. The van der Waals surface area contributed by atoms with E-state index >= 15 is 0 Å². The first-order valence-corrected chi connectivity index (χ1v) is 10.0. The lowest BCUT2D eigenvalue weighted by atomic mass is 9.68. The molecule has 6 heteroatoms. The van der Waals surface area contributed by atoms with Crippen molar-refractivity contribution in [1.82, 2.24) is 0 Å². The van der Waals surface area contributed by atoms with E-state index in [2.05, 4.69) is 0 Å². The van der Waals surface area contributed by atoms with Gasteiger partial charge in [-0.1, -0.05) is 60.7 Å². The number of carbonyl (C=O) groups is 1. The minimum Gasteiger partial charge on any atom is -1.00 e. The molecule has 0 aliphatic carbocycles. The fourth-order valence-electron chi connectivity index (χ4n) is 5.25. The molecule has 0 saturated carbocycles. The number of carbonyl (C=O) groups excluding carboxylic acids is 1. The Morgan fingerprint density at radius 2 is 1.48 bits per heavy atom. The third kappa shape index (κ3) is 4.23. The van der Waals surface area contributed by atoms with E-state index in [1.807, 2.05) is 60.7 Å². The highest BCUT2D eigenvalue weighted by atomic mass is 35.5. The molecule has 3 fully saturated rings. The van der Waals surface area contributed by atoms with Crippen LogP contribution in [-0.2, 0) is 10.4 Å². The van der Waals surface area contributed by atoms with E-state index in [1.165, 1.54) is 0 Å². The second kappa shape index (κ2) is 9.59. The number of piperidine rings is 3. The van der Waals surface area contributed by atoms with Gasteiger partial charge in [0.1, 0.15) is 0 Å². The maximum absolute atomic E-state index is 13.9. The van der Waals surface area contributed by atoms with E-state index in [-0.39, 0.29) is 36.5 Å². The highest BCUT2D eigenvalue weighted by Crippen LogP contribution is 2.43. The molecule has 5 rings (SSSR count). The third-order valence-electron chi connectivity index (χ3n) is 6.78. The van der Waals surface area contributed by atoms with Gasteiger partial charge in [0.25, 0.3) is 0 Å². The first-order valence-electron chi connectivity index (χ1n) is 10.0. The molecule has 3 aliphatic rings. The van der Waals surface area contributed by atoms with Crippen molar-refractivity contribution in [3.05, 3.63) is 71.8 Å². The summed E-state index contributed by atoms with van der Waals surface area (Å²) in [6, 6.07) is 18.8. The number of nitrogens with two attached hydrogens (primary N) is 1. The quantitative estimate of drug-likeness (QED) is 0.612. The van der Waals surface area contributed by atoms with E-state index in [9.17, 15) is 9.90 Å². The second-order valence-electron chi connectivity index (χ2n) is 8.23. The van der Waals surface area contributed by atoms with Gasteiger partial charge in [0.2, 0.25) is 0 Å². The molecule has 158 valence electrons. The van der Waals surface area contributed by atoms with Crippen LogP contribution in [0, 0.1) is 11.8 Å². The molecule has 3 saturated heterocycles. The Morgan fingerprint density at radius 1 is 1.00 bits per heavy atom. The summed E-state index contributed by atoms with van der Waals surface area (Å²) in [6.45, 7) is 4.60. The van der Waals surface area contributed by atoms with Gasteiger partial charge in [-0.05, 0) is 17.0 Å². The molecular weight excluding hydrogens is 407 g/mol. The Hall–Kier alpha value is -1.43. The zero-order valence-electron chi connectivity index (χ0n) is 16.5. The fraction of sp³-hybridized carbons (Fsp3) is 0.435. The first kappa shape index (κ1) is 23.8. The van der Waals surface area contributed by atoms with Crippen LogP contribution in [0.25, 0.3) is 0 Å². The van der Waals surface area contributed by atoms with E-state index in [4.69, 9.17) is 5.73 Å². The average Bonchev–Trinajstić information content (AvgIpc) is 2.74. The number of quaternary nitrogens is 1. The molecule has 1 atom stereocenters. The summed E-state index contributed by atoms with van der Waals surface area (Å²) in [7, 11) is 0. The molecular formula is C23H30Cl2N2O2. The maximum Gasteiger partial charge on any atom is 0.182 e. The van der Waals surface area contributed by atoms with Crippen LogP contribution in [-0.4, -0.2) is 48.1 Å². The Balaban J connectivity index is 0.00000150. The summed E-state index contributed by atoms with van der Waals surface area (Å²) >= 11 is 0. The molecule has 2 aromatic rings. The Kier molecular flexibility index (Phi) is 7.88. The fourth-order valence-corrected chi connectivity index (χ4v) is 5.25. The SMILES string of the molecule is Cl.NCC[N+]12CCC(CC1)C(C(=O)C(O)(c1ccccc1)c1ccccc1)C2.[Cl-]. The van der Waals surface area contributed by atoms with Crippen LogP contribution in [0.2, 0.25) is 0 Å². The molecule has 3 N–H and O–H groups in total. The van der Waals surface area contributed by atoms with Gasteiger partial charge in [0.15, 0.2) is 11.4 Å². The zero-order valence-corrected chi connectivity index (χ0v) is 18.1. The van der Waals surface area contributed by atoms with Gasteiger partial charge in [0.05, 0.1) is 32.1 Å². The predicted octanol–water partition coefficient (Wildman–Crippen LogP) is -0.267. The Labute approximate surface area is 185 Å². The monoisotopic (exact) mass is 436 g/mol. The highest BCUT2D eigenvalue weighted by molar-refractivity contribution is 5.94. The summed E-state index contributed by atoms with van der Waals surface area (Å²) in [6.07, 6.45) is 2.10. The van der Waals surface area contributed by atoms with E-state index < -0.39 is 5.60 Å². The largest absolute Gasteiger partial charge is 1.00 e. The smallest absolute Gasteiger partial charge is 0.182 e. The number of hydrogen-bond acceptors (Lipinski definition) is 3. The predicted molar refractivity (Wildman–Crippen MR) is 113 cm³/mol. The number of rotatable bonds is 6. The maximum atomic E-state index is 13.9. The number of fused-ring (bicyclic) bond motifs is 3. The number of benzene rings is 2. The van der Waals surface area contributed by atoms with E-state index in [0.29, 0.717) is 23.6 Å². The Morgan fingerprint density at radius 3 is 1.93 bits per heavy atom. The molecule has 4 nitrogen and oxygen atoms in total. The summed E-state index contributed by atoms with van der Waals surface area (Å²) in [4.78, 5) is 13.9. The van der Waals surface area contributed by atoms with Gasteiger partial charge in [0, 0.05) is 19.4 Å². The lowest BCUT2D eigenvalue weighted by Crippen LogP contribution is -3.00. The van der Waals surface area contributed by atoms with Crippen molar-refractivity contribution in [3.8, 4) is 0 Å². The number of ketones is 1. The lowest BCUT2D eigenvalue weighted by Gasteiger charge is -2.53. The molecule has 1 unspecified atom stereocenters. The van der Waals surface area contributed by atoms with Gasteiger partial charge in [-0.3, -0.25) is 4.79 Å². The van der Waals surface area contributed by atoms with Crippen molar-refractivity contribution in [2.24, 2.45) is 17.6 Å². The van der Waals surface area contributed by atoms with Crippen LogP contribution < -0.4 is 18.1 Å². The lowest BCUT2D eigenvalue weighted by molar-refractivity contribution is -0.944. The molecule has 0 amide bonds. The van der Waals surface area contributed by atoms with Crippen LogP contribution in [0.15, 0.2) is 60.7 Å². The van der Waals surface area contributed by atoms with Gasteiger partial charge in [-0.15, -0.1) is 12.4 Å². The van der Waals surface area contributed by atoms with Crippen molar-refractivity contribution in [1.29, 1.82) is 0 Å². The van der Waals surface area contributed by atoms with Crippen molar-refractivity contribution in [2.45, 2.75) is 18.4 Å². The summed E-state index contributed by atoms with van der Waals surface area (Å²) in [5, 5.41) is 11.8. The van der Waals surface area contributed by atoms with Crippen molar-refractivity contribution >= 4 is 18.2 Å². The van der Waals surface area contributed by atoms with Crippen molar-refractivity contribution in [3.63, 3.8) is 0 Å². The van der Waals surface area contributed by atoms with E-state index in [1.54, 1.807) is 0 Å². The number of Topliss-reactive ketones (excluding diaryl/α,β-unsaturated/α-hetero) is 1. The number of aliphatic hydroxyl groups is 1. The van der Waals surface area contributed by atoms with Crippen LogP contribution in [0.3, 0.4) is 0 Å². The molecule has 0 aromatic heterocycles. The minimum atomic E-state index is -1.60. The molecule has 2 bridgehead atoms.